The van der Waals surface area contributed by atoms with Crippen LogP contribution in [0, 0.1) is 21.4 Å². The number of pyridine rings is 1. The minimum atomic E-state index is -0.515. The first-order chi connectivity index (χ1) is 8.61. The van der Waals surface area contributed by atoms with Crippen LogP contribution >= 0.6 is 0 Å². The molecule has 2 saturated carbocycles. The van der Waals surface area contributed by atoms with Gasteiger partial charge in [-0.1, -0.05) is 0 Å². The molecule has 0 saturated heterocycles. The summed E-state index contributed by atoms with van der Waals surface area (Å²) >= 11 is 0. The maximum Gasteiger partial charge on any atom is 0.311 e. The van der Waals surface area contributed by atoms with E-state index in [0.717, 1.165) is 12.5 Å². The molecule has 0 unspecified atom stereocenters. The Labute approximate surface area is 105 Å². The van der Waals surface area contributed by atoms with Gasteiger partial charge in [0.15, 0.2) is 0 Å². The number of nitrogens with one attached hydrogen (secondary N) is 1. The highest BCUT2D eigenvalue weighted by Gasteiger charge is 2.53. The molecule has 0 spiro atoms. The quantitative estimate of drug-likeness (QED) is 0.615. The monoisotopic (exact) mass is 248 g/mol. The van der Waals surface area contributed by atoms with Crippen LogP contribution in [0.15, 0.2) is 12.1 Å². The van der Waals surface area contributed by atoms with E-state index < -0.39 is 4.92 Å². The number of rotatable bonds is 5. The highest BCUT2D eigenvalue weighted by atomic mass is 16.6. The van der Waals surface area contributed by atoms with Gasteiger partial charge in [-0.05, 0) is 43.1 Å². The molecular formula is C12H16N4O2. The van der Waals surface area contributed by atoms with Crippen LogP contribution in [0.3, 0.4) is 0 Å². The van der Waals surface area contributed by atoms with Crippen LogP contribution in [0.5, 0.6) is 0 Å². The number of nitrogens with zero attached hydrogens (tertiary/aromatic N) is 2. The highest BCUT2D eigenvalue weighted by Crippen LogP contribution is 2.61. The molecule has 0 bridgehead atoms. The Morgan fingerprint density at radius 3 is 2.72 bits per heavy atom. The third kappa shape index (κ3) is 1.98. The molecule has 3 rings (SSSR count). The minimum absolute atomic E-state index is 0.0266. The van der Waals surface area contributed by atoms with Crippen LogP contribution < -0.4 is 11.1 Å². The van der Waals surface area contributed by atoms with Crippen molar-refractivity contribution >= 4 is 17.3 Å². The smallest absolute Gasteiger partial charge is 0.311 e. The molecular weight excluding hydrogens is 232 g/mol. The van der Waals surface area contributed by atoms with E-state index in [-0.39, 0.29) is 11.5 Å². The number of aromatic nitrogens is 1. The van der Waals surface area contributed by atoms with Gasteiger partial charge in [0.25, 0.3) is 0 Å². The first kappa shape index (κ1) is 11.3. The van der Waals surface area contributed by atoms with Crippen LogP contribution in [-0.4, -0.2) is 16.5 Å². The SMILES string of the molecule is Nc1nc(NCC2(C3CC3)CC2)ccc1[N+](=O)[O-]. The molecule has 2 aliphatic carbocycles. The molecule has 0 aliphatic heterocycles. The van der Waals surface area contributed by atoms with E-state index in [0.29, 0.717) is 11.2 Å². The number of nitrogen functional groups attached to an aromatic ring is 1. The van der Waals surface area contributed by atoms with Gasteiger partial charge in [-0.3, -0.25) is 10.1 Å². The predicted octanol–water partition coefficient (Wildman–Crippen LogP) is 2.17. The van der Waals surface area contributed by atoms with Crippen molar-refractivity contribution < 1.29 is 4.92 Å². The molecule has 96 valence electrons. The van der Waals surface area contributed by atoms with Gasteiger partial charge in [0.05, 0.1) is 4.92 Å². The predicted molar refractivity (Wildman–Crippen MR) is 68.2 cm³/mol. The summed E-state index contributed by atoms with van der Waals surface area (Å²) < 4.78 is 0. The average molecular weight is 248 g/mol. The molecule has 0 amide bonds. The van der Waals surface area contributed by atoms with Crippen LogP contribution in [-0.2, 0) is 0 Å². The van der Waals surface area contributed by atoms with Gasteiger partial charge in [-0.2, -0.15) is 0 Å². The van der Waals surface area contributed by atoms with Gasteiger partial charge in [0.1, 0.15) is 5.82 Å². The van der Waals surface area contributed by atoms with Gasteiger partial charge in [0, 0.05) is 12.6 Å². The second-order valence-corrected chi connectivity index (χ2v) is 5.35. The molecule has 2 aliphatic rings. The lowest BCUT2D eigenvalue weighted by Gasteiger charge is -2.15. The lowest BCUT2D eigenvalue weighted by molar-refractivity contribution is -0.384. The molecule has 0 aromatic carbocycles. The molecule has 0 atom stereocenters. The summed E-state index contributed by atoms with van der Waals surface area (Å²) in [6, 6.07) is 3.03. The number of anilines is 2. The zero-order valence-corrected chi connectivity index (χ0v) is 10.1. The van der Waals surface area contributed by atoms with E-state index in [1.54, 1.807) is 6.07 Å². The Kier molecular flexibility index (Phi) is 2.39. The van der Waals surface area contributed by atoms with Crippen LogP contribution in [0.4, 0.5) is 17.3 Å². The van der Waals surface area contributed by atoms with Gasteiger partial charge in [0.2, 0.25) is 5.82 Å². The van der Waals surface area contributed by atoms with E-state index >= 15 is 0 Å². The van der Waals surface area contributed by atoms with Crippen molar-refractivity contribution in [2.24, 2.45) is 11.3 Å². The molecule has 1 aromatic rings. The fraction of sp³-hybridized carbons (Fsp3) is 0.583. The largest absolute Gasteiger partial charge is 0.378 e. The maximum absolute atomic E-state index is 10.6. The van der Waals surface area contributed by atoms with Gasteiger partial charge >= 0.3 is 5.69 Å². The van der Waals surface area contributed by atoms with Gasteiger partial charge in [-0.15, -0.1) is 0 Å². The third-order valence-corrected chi connectivity index (χ3v) is 4.06. The topological polar surface area (TPSA) is 94.1 Å². The lowest BCUT2D eigenvalue weighted by Crippen LogP contribution is -2.18. The standard InChI is InChI=1S/C12H16N4O2/c13-11-9(16(17)18)3-4-10(15-11)14-7-12(5-6-12)8-1-2-8/h3-4,8H,1-2,5-7H2,(H3,13,14,15). The van der Waals surface area contributed by atoms with Gasteiger partial charge in [-0.25, -0.2) is 4.98 Å². The number of hydrogen-bond acceptors (Lipinski definition) is 5. The summed E-state index contributed by atoms with van der Waals surface area (Å²) in [6.45, 7) is 0.905. The summed E-state index contributed by atoms with van der Waals surface area (Å²) in [7, 11) is 0. The summed E-state index contributed by atoms with van der Waals surface area (Å²) in [5.41, 5.74) is 5.89. The van der Waals surface area contributed by atoms with E-state index in [1.165, 1.54) is 31.7 Å². The zero-order chi connectivity index (χ0) is 12.8. The Balaban J connectivity index is 1.66. The lowest BCUT2D eigenvalue weighted by atomic mass is 10.0. The molecule has 2 fully saturated rings. The van der Waals surface area contributed by atoms with Crippen molar-refractivity contribution in [2.45, 2.75) is 25.7 Å². The Hall–Kier alpha value is -1.85. The fourth-order valence-electron chi connectivity index (χ4n) is 2.57. The molecule has 18 heavy (non-hydrogen) atoms. The summed E-state index contributed by atoms with van der Waals surface area (Å²) in [5, 5.41) is 13.9. The Bertz CT molecular complexity index is 495. The van der Waals surface area contributed by atoms with Crippen LogP contribution in [0.25, 0.3) is 0 Å². The van der Waals surface area contributed by atoms with E-state index in [9.17, 15) is 10.1 Å². The van der Waals surface area contributed by atoms with Crippen molar-refractivity contribution in [1.29, 1.82) is 0 Å². The summed E-state index contributed by atoms with van der Waals surface area (Å²) in [6.07, 6.45) is 5.26. The van der Waals surface area contributed by atoms with Gasteiger partial charge < -0.3 is 11.1 Å². The fourth-order valence-corrected chi connectivity index (χ4v) is 2.57. The molecule has 6 nitrogen and oxygen atoms in total. The number of nitro groups is 1. The Morgan fingerprint density at radius 1 is 1.50 bits per heavy atom. The first-order valence-electron chi connectivity index (χ1n) is 6.25. The second kappa shape index (κ2) is 3.83. The highest BCUT2D eigenvalue weighted by molar-refractivity contribution is 5.57. The normalized spacial score (nSPS) is 20.4. The Morgan fingerprint density at radius 2 is 2.22 bits per heavy atom. The van der Waals surface area contributed by atoms with Crippen molar-refractivity contribution in [3.8, 4) is 0 Å². The van der Waals surface area contributed by atoms with Crippen molar-refractivity contribution in [2.75, 3.05) is 17.6 Å². The number of hydrogen-bond donors (Lipinski definition) is 2. The third-order valence-electron chi connectivity index (χ3n) is 4.06. The first-order valence-corrected chi connectivity index (χ1v) is 6.25. The van der Waals surface area contributed by atoms with Crippen molar-refractivity contribution in [3.05, 3.63) is 22.2 Å². The molecule has 1 aromatic heterocycles. The average Bonchev–Trinajstić information content (AvgIpc) is 3.17. The molecule has 0 radical (unpaired) electrons. The molecule has 3 N–H and O–H groups in total. The minimum Gasteiger partial charge on any atom is -0.378 e. The number of nitrogens with two attached hydrogens (primary N) is 1. The summed E-state index contributed by atoms with van der Waals surface area (Å²) in [5.74, 6) is 1.48. The van der Waals surface area contributed by atoms with Crippen molar-refractivity contribution in [1.82, 2.24) is 4.98 Å². The van der Waals surface area contributed by atoms with E-state index in [2.05, 4.69) is 10.3 Å². The van der Waals surface area contributed by atoms with Crippen molar-refractivity contribution in [3.63, 3.8) is 0 Å². The van der Waals surface area contributed by atoms with E-state index in [1.807, 2.05) is 0 Å². The molecule has 6 heteroatoms. The summed E-state index contributed by atoms with van der Waals surface area (Å²) in [4.78, 5) is 14.1. The van der Waals surface area contributed by atoms with Crippen LogP contribution in [0.2, 0.25) is 0 Å². The molecule has 1 heterocycles. The van der Waals surface area contributed by atoms with Crippen LogP contribution in [0.1, 0.15) is 25.7 Å². The maximum atomic E-state index is 10.6. The van der Waals surface area contributed by atoms with E-state index in [4.69, 9.17) is 5.73 Å². The zero-order valence-electron chi connectivity index (χ0n) is 10.1. The second-order valence-electron chi connectivity index (χ2n) is 5.35.